The second-order valence-corrected chi connectivity index (χ2v) is 9.46. The van der Waals surface area contributed by atoms with Crippen LogP contribution in [0.4, 0.5) is 4.79 Å². The predicted octanol–water partition coefficient (Wildman–Crippen LogP) is 2.77. The minimum absolute atomic E-state index is 0.00674. The number of sulfone groups is 1. The highest BCUT2D eigenvalue weighted by molar-refractivity contribution is 7.91. The van der Waals surface area contributed by atoms with E-state index in [1.165, 1.54) is 12.1 Å². The smallest absolute Gasteiger partial charge is 0.408 e. The number of carboxylic acid groups (broad SMARTS) is 2. The number of alkyl carbamates (subject to hydrolysis) is 1. The van der Waals surface area contributed by atoms with Crippen molar-refractivity contribution in [2.75, 3.05) is 5.75 Å². The third kappa shape index (κ3) is 7.09. The van der Waals surface area contributed by atoms with Crippen molar-refractivity contribution in [3.63, 3.8) is 0 Å². The van der Waals surface area contributed by atoms with Crippen LogP contribution in [0.25, 0.3) is 0 Å². The summed E-state index contributed by atoms with van der Waals surface area (Å²) in [5, 5.41) is 21.0. The molecule has 0 unspecified atom stereocenters. The molecule has 0 aliphatic rings. The number of carbonyl (C=O) groups is 3. The molecule has 0 saturated heterocycles. The minimum Gasteiger partial charge on any atom is -0.481 e. The summed E-state index contributed by atoms with van der Waals surface area (Å²) in [6.45, 7) is 1.66. The number of hydrogen-bond donors (Lipinski definition) is 3. The molecule has 9 nitrogen and oxygen atoms in total. The summed E-state index contributed by atoms with van der Waals surface area (Å²) < 4.78 is 30.4. The zero-order valence-electron chi connectivity index (χ0n) is 17.5. The number of carbonyl (C=O) groups excluding carboxylic acids is 1. The molecule has 0 spiro atoms. The highest BCUT2D eigenvalue weighted by atomic mass is 32.2. The molecule has 0 heterocycles. The van der Waals surface area contributed by atoms with Crippen LogP contribution in [-0.2, 0) is 30.8 Å². The molecule has 32 heavy (non-hydrogen) atoms. The summed E-state index contributed by atoms with van der Waals surface area (Å²) in [6, 6.07) is 14.7. The lowest BCUT2D eigenvalue weighted by atomic mass is 9.90. The Morgan fingerprint density at radius 3 is 2.16 bits per heavy atom. The second-order valence-electron chi connectivity index (χ2n) is 7.35. The normalized spacial score (nSPS) is 13.0. The topological polar surface area (TPSA) is 147 Å². The minimum atomic E-state index is -3.88. The summed E-state index contributed by atoms with van der Waals surface area (Å²) >= 11 is 0. The zero-order chi connectivity index (χ0) is 23.8. The van der Waals surface area contributed by atoms with Crippen molar-refractivity contribution in [3.8, 4) is 0 Å². The fraction of sp³-hybridized carbons (Fsp3) is 0.318. The molecule has 2 aromatic carbocycles. The molecule has 0 radical (unpaired) electrons. The largest absolute Gasteiger partial charge is 0.481 e. The van der Waals surface area contributed by atoms with E-state index >= 15 is 0 Å². The SMILES string of the molecule is Cc1ccc(S(=O)(=O)CC[C@@](CCC(=O)O)(NC(=O)OCc2ccccc2)C(=O)O)cc1. The summed E-state index contributed by atoms with van der Waals surface area (Å²) in [5.74, 6) is -3.44. The Morgan fingerprint density at radius 2 is 1.59 bits per heavy atom. The van der Waals surface area contributed by atoms with Crippen LogP contribution in [0.3, 0.4) is 0 Å². The number of rotatable bonds is 11. The van der Waals surface area contributed by atoms with Crippen molar-refractivity contribution in [2.45, 2.75) is 43.2 Å². The second kappa shape index (κ2) is 10.8. The van der Waals surface area contributed by atoms with Crippen molar-refractivity contribution in [1.82, 2.24) is 5.32 Å². The molecule has 0 fully saturated rings. The van der Waals surface area contributed by atoms with Gasteiger partial charge in [0.2, 0.25) is 0 Å². The molecular formula is C22H25NO8S. The Labute approximate surface area is 185 Å². The van der Waals surface area contributed by atoms with Gasteiger partial charge in [-0.15, -0.1) is 0 Å². The van der Waals surface area contributed by atoms with Gasteiger partial charge in [-0.05, 0) is 37.5 Å². The van der Waals surface area contributed by atoms with Crippen LogP contribution in [0.5, 0.6) is 0 Å². The summed E-state index contributed by atoms with van der Waals surface area (Å²) in [7, 11) is -3.88. The van der Waals surface area contributed by atoms with Gasteiger partial charge in [0.05, 0.1) is 10.6 Å². The van der Waals surface area contributed by atoms with E-state index < -0.39 is 58.4 Å². The number of nitrogens with one attached hydrogen (secondary N) is 1. The van der Waals surface area contributed by atoms with E-state index in [1.54, 1.807) is 49.4 Å². The third-order valence-electron chi connectivity index (χ3n) is 4.91. The first-order chi connectivity index (χ1) is 15.0. The van der Waals surface area contributed by atoms with E-state index in [0.29, 0.717) is 5.56 Å². The molecule has 10 heteroatoms. The van der Waals surface area contributed by atoms with Crippen molar-refractivity contribution in [2.24, 2.45) is 0 Å². The van der Waals surface area contributed by atoms with Gasteiger partial charge in [-0.3, -0.25) is 4.79 Å². The monoisotopic (exact) mass is 463 g/mol. The first kappa shape index (κ1) is 24.9. The fourth-order valence-corrected chi connectivity index (χ4v) is 4.37. The highest BCUT2D eigenvalue weighted by Gasteiger charge is 2.42. The number of aryl methyl sites for hydroxylation is 1. The summed E-state index contributed by atoms with van der Waals surface area (Å²) in [4.78, 5) is 35.5. The van der Waals surface area contributed by atoms with E-state index in [1.807, 2.05) is 0 Å². The van der Waals surface area contributed by atoms with E-state index in [4.69, 9.17) is 9.84 Å². The van der Waals surface area contributed by atoms with Crippen LogP contribution < -0.4 is 5.32 Å². The van der Waals surface area contributed by atoms with E-state index in [9.17, 15) is 27.9 Å². The third-order valence-corrected chi connectivity index (χ3v) is 6.64. The fourth-order valence-electron chi connectivity index (χ4n) is 2.96. The van der Waals surface area contributed by atoms with E-state index in [-0.39, 0.29) is 11.5 Å². The molecule has 0 bridgehead atoms. The molecule has 2 aromatic rings. The standard InChI is InChI=1S/C22H25NO8S/c1-16-7-9-18(10-8-16)32(29,30)14-13-22(20(26)27,12-11-19(24)25)23-21(28)31-15-17-5-3-2-4-6-17/h2-10H,11-15H2,1H3,(H,23,28)(H,24,25)(H,26,27)/t22-/m1/s1. The molecular weight excluding hydrogens is 438 g/mol. The van der Waals surface area contributed by atoms with Gasteiger partial charge in [-0.1, -0.05) is 48.0 Å². The van der Waals surface area contributed by atoms with Crippen LogP contribution in [0.1, 0.15) is 30.4 Å². The molecule has 172 valence electrons. The van der Waals surface area contributed by atoms with Crippen LogP contribution in [0.2, 0.25) is 0 Å². The van der Waals surface area contributed by atoms with Crippen molar-refractivity contribution >= 4 is 27.9 Å². The molecule has 3 N–H and O–H groups in total. The summed E-state index contributed by atoms with van der Waals surface area (Å²) in [5.41, 5.74) is -0.617. The Balaban J connectivity index is 2.19. The molecule has 0 aliphatic heterocycles. The molecule has 1 amide bonds. The lowest BCUT2D eigenvalue weighted by Gasteiger charge is -2.29. The molecule has 0 saturated carbocycles. The Morgan fingerprint density at radius 1 is 0.969 bits per heavy atom. The van der Waals surface area contributed by atoms with E-state index in [2.05, 4.69) is 5.32 Å². The Bertz CT molecular complexity index is 1050. The van der Waals surface area contributed by atoms with Crippen molar-refractivity contribution < 1.29 is 37.8 Å². The first-order valence-corrected chi connectivity index (χ1v) is 11.4. The lowest BCUT2D eigenvalue weighted by Crippen LogP contribution is -2.55. The maximum absolute atomic E-state index is 12.7. The number of ether oxygens (including phenoxy) is 1. The van der Waals surface area contributed by atoms with Crippen LogP contribution >= 0.6 is 0 Å². The van der Waals surface area contributed by atoms with Gasteiger partial charge in [0.25, 0.3) is 0 Å². The Hall–Kier alpha value is -3.40. The molecule has 1 atom stereocenters. The summed E-state index contributed by atoms with van der Waals surface area (Å²) in [6.07, 6.45) is -2.72. The van der Waals surface area contributed by atoms with Gasteiger partial charge in [0.1, 0.15) is 12.1 Å². The molecule has 2 rings (SSSR count). The quantitative estimate of drug-likeness (QED) is 0.461. The average Bonchev–Trinajstić information content (AvgIpc) is 2.75. The van der Waals surface area contributed by atoms with Crippen molar-refractivity contribution in [3.05, 3.63) is 65.7 Å². The van der Waals surface area contributed by atoms with Gasteiger partial charge >= 0.3 is 18.0 Å². The van der Waals surface area contributed by atoms with Gasteiger partial charge < -0.3 is 20.3 Å². The lowest BCUT2D eigenvalue weighted by molar-refractivity contribution is -0.146. The zero-order valence-corrected chi connectivity index (χ0v) is 18.3. The number of amides is 1. The van der Waals surface area contributed by atoms with Gasteiger partial charge in [-0.2, -0.15) is 0 Å². The Kier molecular flexibility index (Phi) is 8.36. The first-order valence-electron chi connectivity index (χ1n) is 9.77. The maximum atomic E-state index is 12.7. The highest BCUT2D eigenvalue weighted by Crippen LogP contribution is 2.23. The number of carboxylic acids is 2. The van der Waals surface area contributed by atoms with Crippen LogP contribution in [0.15, 0.2) is 59.5 Å². The molecule has 0 aromatic heterocycles. The molecule has 0 aliphatic carbocycles. The van der Waals surface area contributed by atoms with Gasteiger partial charge in [0, 0.05) is 6.42 Å². The maximum Gasteiger partial charge on any atom is 0.408 e. The van der Waals surface area contributed by atoms with Crippen LogP contribution in [-0.4, -0.2) is 48.0 Å². The van der Waals surface area contributed by atoms with Gasteiger partial charge in [-0.25, -0.2) is 18.0 Å². The number of aliphatic carboxylic acids is 2. The predicted molar refractivity (Wildman–Crippen MR) is 115 cm³/mol. The average molecular weight is 464 g/mol. The number of benzene rings is 2. The van der Waals surface area contributed by atoms with E-state index in [0.717, 1.165) is 5.56 Å². The van der Waals surface area contributed by atoms with Crippen molar-refractivity contribution in [1.29, 1.82) is 0 Å². The van der Waals surface area contributed by atoms with Gasteiger partial charge in [0.15, 0.2) is 9.84 Å². The number of hydrogen-bond acceptors (Lipinski definition) is 6. The van der Waals surface area contributed by atoms with Crippen LogP contribution in [0, 0.1) is 6.92 Å².